The van der Waals surface area contributed by atoms with Crippen molar-refractivity contribution in [3.63, 3.8) is 0 Å². The molecule has 0 radical (unpaired) electrons. The van der Waals surface area contributed by atoms with Gasteiger partial charge in [-0.3, -0.25) is 0 Å². The highest BCUT2D eigenvalue weighted by molar-refractivity contribution is 7.98. The molecule has 0 unspecified atom stereocenters. The van der Waals surface area contributed by atoms with Gasteiger partial charge in [0.25, 0.3) is 0 Å². The van der Waals surface area contributed by atoms with Crippen LogP contribution in [-0.4, -0.2) is 11.2 Å². The lowest BCUT2D eigenvalue weighted by molar-refractivity contribution is 1.26. The highest BCUT2D eigenvalue weighted by Crippen LogP contribution is 2.27. The van der Waals surface area contributed by atoms with Gasteiger partial charge >= 0.3 is 0 Å². The maximum atomic E-state index is 8.78. The van der Waals surface area contributed by atoms with Crippen LogP contribution in [0.15, 0.2) is 47.5 Å². The van der Waals surface area contributed by atoms with Crippen molar-refractivity contribution in [2.45, 2.75) is 4.90 Å². The minimum absolute atomic E-state index is 0.414. The number of para-hydroxylation sites is 1. The topological polar surface area (TPSA) is 48.7 Å². The standard InChI is InChI=1S/C13H11N3S/c1-17-13-5-3-2-4-12(13)16-10-6-7-15-11(8-10)9-14/h2-8H,1H3,(H,15,16). The van der Waals surface area contributed by atoms with Crippen molar-refractivity contribution in [3.05, 3.63) is 48.3 Å². The van der Waals surface area contributed by atoms with Crippen molar-refractivity contribution in [2.24, 2.45) is 0 Å². The van der Waals surface area contributed by atoms with E-state index < -0.39 is 0 Å². The van der Waals surface area contributed by atoms with Crippen LogP contribution in [0.5, 0.6) is 0 Å². The number of hydrogen-bond acceptors (Lipinski definition) is 4. The van der Waals surface area contributed by atoms with Gasteiger partial charge in [-0.15, -0.1) is 11.8 Å². The average Bonchev–Trinajstić information content (AvgIpc) is 2.39. The summed E-state index contributed by atoms with van der Waals surface area (Å²) in [6, 6.07) is 13.7. The monoisotopic (exact) mass is 241 g/mol. The van der Waals surface area contributed by atoms with Crippen molar-refractivity contribution in [2.75, 3.05) is 11.6 Å². The van der Waals surface area contributed by atoms with Crippen LogP contribution in [0, 0.1) is 11.3 Å². The molecule has 17 heavy (non-hydrogen) atoms. The first-order valence-electron chi connectivity index (χ1n) is 5.09. The van der Waals surface area contributed by atoms with Crippen molar-refractivity contribution >= 4 is 23.1 Å². The van der Waals surface area contributed by atoms with E-state index >= 15 is 0 Å². The van der Waals surface area contributed by atoms with Gasteiger partial charge in [0, 0.05) is 16.8 Å². The lowest BCUT2D eigenvalue weighted by atomic mass is 10.3. The van der Waals surface area contributed by atoms with Crippen LogP contribution in [0.2, 0.25) is 0 Å². The molecule has 1 heterocycles. The summed E-state index contributed by atoms with van der Waals surface area (Å²) in [6.45, 7) is 0. The zero-order chi connectivity index (χ0) is 12.1. The number of pyridine rings is 1. The highest BCUT2D eigenvalue weighted by Gasteiger charge is 2.01. The fraction of sp³-hybridized carbons (Fsp3) is 0.0769. The van der Waals surface area contributed by atoms with Gasteiger partial charge in [-0.2, -0.15) is 5.26 Å². The number of rotatable bonds is 3. The van der Waals surface area contributed by atoms with Gasteiger partial charge < -0.3 is 5.32 Å². The van der Waals surface area contributed by atoms with E-state index in [0.29, 0.717) is 5.69 Å². The van der Waals surface area contributed by atoms with E-state index in [-0.39, 0.29) is 0 Å². The molecule has 0 atom stereocenters. The Bertz CT molecular complexity index is 561. The molecule has 0 amide bonds. The minimum atomic E-state index is 0.414. The summed E-state index contributed by atoms with van der Waals surface area (Å²) >= 11 is 1.68. The van der Waals surface area contributed by atoms with Gasteiger partial charge in [0.2, 0.25) is 0 Å². The van der Waals surface area contributed by atoms with Crippen LogP contribution in [0.1, 0.15) is 5.69 Å². The molecular formula is C13H11N3S. The quantitative estimate of drug-likeness (QED) is 0.836. The van der Waals surface area contributed by atoms with Gasteiger partial charge in [0.1, 0.15) is 11.8 Å². The molecule has 1 N–H and O–H groups in total. The van der Waals surface area contributed by atoms with Crippen LogP contribution in [0.25, 0.3) is 0 Å². The molecule has 0 aliphatic heterocycles. The second kappa shape index (κ2) is 5.37. The van der Waals surface area contributed by atoms with Crippen molar-refractivity contribution < 1.29 is 0 Å². The number of anilines is 2. The molecule has 2 rings (SSSR count). The van der Waals surface area contributed by atoms with E-state index in [1.807, 2.05) is 36.6 Å². The second-order valence-corrected chi connectivity index (χ2v) is 4.21. The molecule has 3 nitrogen and oxygen atoms in total. The number of nitrogens with zero attached hydrogens (tertiary/aromatic N) is 2. The van der Waals surface area contributed by atoms with E-state index in [9.17, 15) is 0 Å². The molecule has 0 aliphatic carbocycles. The lowest BCUT2D eigenvalue weighted by Crippen LogP contribution is -1.93. The Labute approximate surface area is 105 Å². The van der Waals surface area contributed by atoms with Crippen LogP contribution >= 0.6 is 11.8 Å². The van der Waals surface area contributed by atoms with E-state index in [1.54, 1.807) is 24.0 Å². The number of aromatic nitrogens is 1. The molecule has 1 aromatic carbocycles. The predicted molar refractivity (Wildman–Crippen MR) is 70.5 cm³/mol. The zero-order valence-corrected chi connectivity index (χ0v) is 10.2. The number of thioether (sulfide) groups is 1. The summed E-state index contributed by atoms with van der Waals surface area (Å²) in [4.78, 5) is 5.11. The number of nitriles is 1. The summed E-state index contributed by atoms with van der Waals surface area (Å²) in [7, 11) is 0. The maximum absolute atomic E-state index is 8.78. The average molecular weight is 241 g/mol. The third kappa shape index (κ3) is 2.77. The summed E-state index contributed by atoms with van der Waals surface area (Å²) in [5, 5.41) is 12.1. The molecule has 0 bridgehead atoms. The molecule has 0 fully saturated rings. The van der Waals surface area contributed by atoms with E-state index in [0.717, 1.165) is 11.4 Å². The van der Waals surface area contributed by atoms with Crippen LogP contribution < -0.4 is 5.32 Å². The third-order valence-corrected chi connectivity index (χ3v) is 3.06. The molecule has 2 aromatic rings. The Kier molecular flexibility index (Phi) is 3.63. The molecular weight excluding hydrogens is 230 g/mol. The Morgan fingerprint density at radius 1 is 1.29 bits per heavy atom. The van der Waals surface area contributed by atoms with E-state index in [1.165, 1.54) is 4.90 Å². The van der Waals surface area contributed by atoms with Crippen LogP contribution in [0.4, 0.5) is 11.4 Å². The lowest BCUT2D eigenvalue weighted by Gasteiger charge is -2.10. The summed E-state index contributed by atoms with van der Waals surface area (Å²) in [6.07, 6.45) is 3.66. The first-order chi connectivity index (χ1) is 8.33. The molecule has 1 aromatic heterocycles. The van der Waals surface area contributed by atoms with Crippen molar-refractivity contribution in [1.82, 2.24) is 4.98 Å². The molecule has 0 aliphatic rings. The van der Waals surface area contributed by atoms with Gasteiger partial charge in [-0.1, -0.05) is 12.1 Å². The Balaban J connectivity index is 2.28. The largest absolute Gasteiger partial charge is 0.354 e. The number of hydrogen-bond donors (Lipinski definition) is 1. The normalized spacial score (nSPS) is 9.65. The minimum Gasteiger partial charge on any atom is -0.354 e. The van der Waals surface area contributed by atoms with E-state index in [2.05, 4.69) is 16.4 Å². The first-order valence-corrected chi connectivity index (χ1v) is 6.32. The van der Waals surface area contributed by atoms with Crippen LogP contribution in [0.3, 0.4) is 0 Å². The molecule has 84 valence electrons. The molecule has 0 saturated carbocycles. The molecule has 0 spiro atoms. The number of nitrogens with one attached hydrogen (secondary N) is 1. The summed E-state index contributed by atoms with van der Waals surface area (Å²) in [5.41, 5.74) is 2.32. The fourth-order valence-corrected chi connectivity index (χ4v) is 2.03. The van der Waals surface area contributed by atoms with Gasteiger partial charge in [0.05, 0.1) is 5.69 Å². The first kappa shape index (κ1) is 11.5. The summed E-state index contributed by atoms with van der Waals surface area (Å²) < 4.78 is 0. The van der Waals surface area contributed by atoms with E-state index in [4.69, 9.17) is 5.26 Å². The van der Waals surface area contributed by atoms with Crippen molar-refractivity contribution in [1.29, 1.82) is 5.26 Å². The Morgan fingerprint density at radius 3 is 2.88 bits per heavy atom. The van der Waals surface area contributed by atoms with Crippen molar-refractivity contribution in [3.8, 4) is 6.07 Å². The summed E-state index contributed by atoms with van der Waals surface area (Å²) in [5.74, 6) is 0. The Morgan fingerprint density at radius 2 is 2.12 bits per heavy atom. The Hall–Kier alpha value is -1.99. The SMILES string of the molecule is CSc1ccccc1Nc1ccnc(C#N)c1. The predicted octanol–water partition coefficient (Wildman–Crippen LogP) is 3.42. The number of benzene rings is 1. The van der Waals surface area contributed by atoms with Crippen LogP contribution in [-0.2, 0) is 0 Å². The smallest absolute Gasteiger partial charge is 0.142 e. The van der Waals surface area contributed by atoms with Gasteiger partial charge in [0.15, 0.2) is 0 Å². The molecule has 0 saturated heterocycles. The third-order valence-electron chi connectivity index (χ3n) is 2.26. The zero-order valence-electron chi connectivity index (χ0n) is 9.34. The van der Waals surface area contributed by atoms with Gasteiger partial charge in [-0.05, 0) is 30.5 Å². The maximum Gasteiger partial charge on any atom is 0.142 e. The second-order valence-electron chi connectivity index (χ2n) is 3.37. The fourth-order valence-electron chi connectivity index (χ4n) is 1.47. The van der Waals surface area contributed by atoms with Gasteiger partial charge in [-0.25, -0.2) is 4.98 Å². The molecule has 4 heteroatoms. The highest BCUT2D eigenvalue weighted by atomic mass is 32.2.